The number of anilines is 1. The van der Waals surface area contributed by atoms with E-state index < -0.39 is 23.4 Å². The number of rotatable bonds is 5. The van der Waals surface area contributed by atoms with Crippen molar-refractivity contribution in [3.8, 4) is 5.75 Å². The van der Waals surface area contributed by atoms with Crippen LogP contribution in [0.3, 0.4) is 0 Å². The average molecular weight is 588 g/mol. The number of halogens is 1. The maximum atomic E-state index is 14.9. The fraction of sp³-hybridized carbons (Fsp3) is 0.216. The van der Waals surface area contributed by atoms with Crippen molar-refractivity contribution >= 4 is 40.7 Å². The van der Waals surface area contributed by atoms with Gasteiger partial charge in [0.15, 0.2) is 17.3 Å². The van der Waals surface area contributed by atoms with E-state index in [0.717, 1.165) is 22.4 Å². The number of benzene rings is 4. The SMILES string of the molecule is COc1cccc(C(=O)[C@@H]2[C@H](c3ccc(C(C)C)cc3)C3(C(=O)c4ccccc4C3=O)[C@H]3C=Cc4cc(Cl)ccc4N23)c1. The first-order valence-electron chi connectivity index (χ1n) is 14.5. The number of carbonyl (C=O) groups excluding carboxylic acids is 3. The number of fused-ring (bicyclic) bond motifs is 5. The quantitative estimate of drug-likeness (QED) is 0.176. The van der Waals surface area contributed by atoms with Gasteiger partial charge in [-0.3, -0.25) is 14.4 Å². The Kier molecular flexibility index (Phi) is 6.40. The van der Waals surface area contributed by atoms with Gasteiger partial charge < -0.3 is 9.64 Å². The molecule has 1 aliphatic carbocycles. The lowest BCUT2D eigenvalue weighted by molar-refractivity contribution is 0.0666. The van der Waals surface area contributed by atoms with Gasteiger partial charge in [-0.1, -0.05) is 98.3 Å². The van der Waals surface area contributed by atoms with E-state index >= 15 is 0 Å². The van der Waals surface area contributed by atoms with Crippen LogP contribution in [0.15, 0.2) is 97.1 Å². The second-order valence-corrected chi connectivity index (χ2v) is 12.3. The molecule has 3 aliphatic rings. The molecule has 1 spiro atoms. The average Bonchev–Trinajstić information content (AvgIpc) is 3.46. The molecule has 2 heterocycles. The van der Waals surface area contributed by atoms with Gasteiger partial charge in [0.05, 0.1) is 13.2 Å². The van der Waals surface area contributed by atoms with Crippen LogP contribution in [0.2, 0.25) is 5.02 Å². The fourth-order valence-electron chi connectivity index (χ4n) is 7.36. The first-order chi connectivity index (χ1) is 20.8. The van der Waals surface area contributed by atoms with Crippen molar-refractivity contribution in [3.63, 3.8) is 0 Å². The second-order valence-electron chi connectivity index (χ2n) is 11.8. The number of carbonyl (C=O) groups is 3. The Bertz CT molecular complexity index is 1800. The molecule has 43 heavy (non-hydrogen) atoms. The molecule has 4 aromatic rings. The summed E-state index contributed by atoms with van der Waals surface area (Å²) < 4.78 is 5.46. The molecule has 3 atom stereocenters. The van der Waals surface area contributed by atoms with Gasteiger partial charge in [-0.2, -0.15) is 0 Å². The number of hydrogen-bond acceptors (Lipinski definition) is 5. The first kappa shape index (κ1) is 27.4. The highest BCUT2D eigenvalue weighted by molar-refractivity contribution is 6.32. The van der Waals surface area contributed by atoms with E-state index in [2.05, 4.69) is 13.8 Å². The van der Waals surface area contributed by atoms with Gasteiger partial charge >= 0.3 is 0 Å². The smallest absolute Gasteiger partial charge is 0.186 e. The molecule has 0 saturated carbocycles. The topological polar surface area (TPSA) is 63.7 Å². The van der Waals surface area contributed by atoms with E-state index in [0.29, 0.717) is 33.4 Å². The Labute approximate surface area is 255 Å². The van der Waals surface area contributed by atoms with Gasteiger partial charge in [0.1, 0.15) is 17.2 Å². The van der Waals surface area contributed by atoms with E-state index in [1.807, 2.05) is 53.5 Å². The van der Waals surface area contributed by atoms with Crippen LogP contribution in [0.25, 0.3) is 6.08 Å². The highest BCUT2D eigenvalue weighted by Gasteiger charge is 2.71. The van der Waals surface area contributed by atoms with E-state index in [1.165, 1.54) is 0 Å². The monoisotopic (exact) mass is 587 g/mol. The summed E-state index contributed by atoms with van der Waals surface area (Å²) in [7, 11) is 1.56. The molecule has 7 rings (SSSR count). The summed E-state index contributed by atoms with van der Waals surface area (Å²) in [5, 5.41) is 0.563. The van der Waals surface area contributed by atoms with Crippen LogP contribution in [0.4, 0.5) is 5.69 Å². The van der Waals surface area contributed by atoms with Crippen molar-refractivity contribution in [3.05, 3.63) is 135 Å². The number of methoxy groups -OCH3 is 1. The van der Waals surface area contributed by atoms with Gasteiger partial charge in [-0.15, -0.1) is 0 Å². The lowest BCUT2D eigenvalue weighted by atomic mass is 9.64. The fourth-order valence-corrected chi connectivity index (χ4v) is 7.54. The lowest BCUT2D eigenvalue weighted by Gasteiger charge is -2.37. The van der Waals surface area contributed by atoms with E-state index in [9.17, 15) is 14.4 Å². The predicted molar refractivity (Wildman–Crippen MR) is 169 cm³/mol. The van der Waals surface area contributed by atoms with Crippen LogP contribution >= 0.6 is 11.6 Å². The largest absolute Gasteiger partial charge is 0.497 e. The van der Waals surface area contributed by atoms with Crippen LogP contribution in [0, 0.1) is 5.41 Å². The molecule has 6 heteroatoms. The molecule has 0 radical (unpaired) electrons. The number of nitrogens with zero attached hydrogens (tertiary/aromatic N) is 1. The van der Waals surface area contributed by atoms with Crippen LogP contribution in [0.1, 0.15) is 73.4 Å². The Hall–Kier alpha value is -4.48. The van der Waals surface area contributed by atoms with Crippen molar-refractivity contribution in [2.75, 3.05) is 12.0 Å². The molecule has 5 nitrogen and oxygen atoms in total. The molecular formula is C37H30ClNO4. The Morgan fingerprint density at radius 3 is 2.23 bits per heavy atom. The van der Waals surface area contributed by atoms with Crippen LogP contribution in [-0.4, -0.2) is 36.5 Å². The summed E-state index contributed by atoms with van der Waals surface area (Å²) >= 11 is 6.40. The third kappa shape index (κ3) is 3.88. The van der Waals surface area contributed by atoms with Crippen molar-refractivity contribution in [2.24, 2.45) is 5.41 Å². The Morgan fingerprint density at radius 2 is 1.58 bits per heavy atom. The van der Waals surface area contributed by atoms with Crippen molar-refractivity contribution < 1.29 is 19.1 Å². The molecule has 0 bridgehead atoms. The normalized spacial score (nSPS) is 21.2. The van der Waals surface area contributed by atoms with Gasteiger partial charge in [0.25, 0.3) is 0 Å². The number of Topliss-reactive ketones (excluding diaryl/α,β-unsaturated/α-hetero) is 3. The summed E-state index contributed by atoms with van der Waals surface area (Å²) in [4.78, 5) is 46.4. The van der Waals surface area contributed by atoms with Gasteiger partial charge in [-0.05, 0) is 52.9 Å². The Balaban J connectivity index is 1.53. The van der Waals surface area contributed by atoms with Crippen molar-refractivity contribution in [2.45, 2.75) is 37.8 Å². The molecule has 1 saturated heterocycles. The molecule has 0 unspecified atom stereocenters. The van der Waals surface area contributed by atoms with Gasteiger partial charge in [-0.25, -0.2) is 0 Å². The second kappa shape index (κ2) is 10.1. The zero-order valence-corrected chi connectivity index (χ0v) is 24.8. The minimum absolute atomic E-state index is 0.188. The minimum Gasteiger partial charge on any atom is -0.497 e. The summed E-state index contributed by atoms with van der Waals surface area (Å²) in [6.45, 7) is 4.24. The molecular weight excluding hydrogens is 558 g/mol. The molecule has 1 fully saturated rings. The van der Waals surface area contributed by atoms with E-state index in [1.54, 1.807) is 61.7 Å². The summed E-state index contributed by atoms with van der Waals surface area (Å²) in [6, 6.07) is 26.1. The zero-order valence-electron chi connectivity index (χ0n) is 24.1. The first-order valence-corrected chi connectivity index (χ1v) is 14.9. The molecule has 4 aromatic carbocycles. The molecule has 2 aliphatic heterocycles. The molecule has 214 valence electrons. The molecule has 0 N–H and O–H groups in total. The summed E-state index contributed by atoms with van der Waals surface area (Å²) in [5.41, 5.74) is 3.21. The highest BCUT2D eigenvalue weighted by atomic mass is 35.5. The van der Waals surface area contributed by atoms with Gasteiger partial charge in [0.2, 0.25) is 0 Å². The maximum absolute atomic E-state index is 14.9. The summed E-state index contributed by atoms with van der Waals surface area (Å²) in [6.07, 6.45) is 3.83. The third-order valence-corrected chi connectivity index (χ3v) is 9.59. The van der Waals surface area contributed by atoms with Crippen molar-refractivity contribution in [1.82, 2.24) is 0 Å². The van der Waals surface area contributed by atoms with Crippen LogP contribution in [-0.2, 0) is 0 Å². The molecule has 0 aromatic heterocycles. The predicted octanol–water partition coefficient (Wildman–Crippen LogP) is 7.79. The number of hydrogen-bond donors (Lipinski definition) is 0. The third-order valence-electron chi connectivity index (χ3n) is 9.35. The van der Waals surface area contributed by atoms with Crippen molar-refractivity contribution in [1.29, 1.82) is 0 Å². The molecule has 0 amide bonds. The zero-order chi connectivity index (χ0) is 30.0. The summed E-state index contributed by atoms with van der Waals surface area (Å²) in [5.74, 6) is -0.597. The van der Waals surface area contributed by atoms with Crippen LogP contribution < -0.4 is 9.64 Å². The number of ketones is 3. The standard InChI is InChI=1S/C37H30ClNO4/c1-21(2)22-11-13-23(14-12-22)32-33(34(40)25-7-6-8-27(20-25)43-3)39-30-17-16-26(38)19-24(30)15-18-31(39)37(32)35(41)28-9-4-5-10-29(28)36(37)42/h4-21,31-33H,1-3H3/t31-,32+,33+/m1/s1. The number of ether oxygens (including phenoxy) is 1. The lowest BCUT2D eigenvalue weighted by Crippen LogP contribution is -2.48. The van der Waals surface area contributed by atoms with Gasteiger partial charge in [0, 0.05) is 33.3 Å². The highest BCUT2D eigenvalue weighted by Crippen LogP contribution is 2.61. The van der Waals surface area contributed by atoms with E-state index in [4.69, 9.17) is 16.3 Å². The van der Waals surface area contributed by atoms with Crippen LogP contribution in [0.5, 0.6) is 5.75 Å². The Morgan fingerprint density at radius 1 is 0.884 bits per heavy atom. The van der Waals surface area contributed by atoms with E-state index in [-0.39, 0.29) is 17.3 Å². The maximum Gasteiger partial charge on any atom is 0.186 e. The minimum atomic E-state index is -1.55.